The second-order valence-electron chi connectivity index (χ2n) is 5.96. The van der Waals surface area contributed by atoms with Gasteiger partial charge in [0.15, 0.2) is 0 Å². The molecule has 0 aromatic heterocycles. The van der Waals surface area contributed by atoms with Gasteiger partial charge in [0.1, 0.15) is 0 Å². The van der Waals surface area contributed by atoms with Gasteiger partial charge in [-0.2, -0.15) is 0 Å². The Balaban J connectivity index is 2.02. The zero-order valence-electron chi connectivity index (χ0n) is 11.5. The highest BCUT2D eigenvalue weighted by Gasteiger charge is 2.52. The number of anilines is 2. The Hall–Kier alpha value is -1.55. The maximum Gasteiger partial charge on any atom is 0.237 e. The van der Waals surface area contributed by atoms with E-state index in [-0.39, 0.29) is 23.7 Å². The molecular weight excluding hydrogens is 276 g/mol. The average molecular weight is 293 g/mol. The van der Waals surface area contributed by atoms with Gasteiger partial charge in [-0.1, -0.05) is 18.5 Å². The van der Waals surface area contributed by atoms with E-state index >= 15 is 0 Å². The third kappa shape index (κ3) is 1.82. The van der Waals surface area contributed by atoms with Crippen molar-refractivity contribution in [2.45, 2.75) is 26.7 Å². The third-order valence-electron chi connectivity index (χ3n) is 4.43. The Kier molecular flexibility index (Phi) is 3.01. The lowest BCUT2D eigenvalue weighted by molar-refractivity contribution is -0.123. The molecular formula is C15H17ClN2O2. The Morgan fingerprint density at radius 3 is 2.30 bits per heavy atom. The second kappa shape index (κ2) is 4.48. The van der Waals surface area contributed by atoms with Crippen LogP contribution in [0, 0.1) is 24.7 Å². The predicted molar refractivity (Wildman–Crippen MR) is 78.5 cm³/mol. The second-order valence-corrected chi connectivity index (χ2v) is 6.37. The lowest BCUT2D eigenvalue weighted by Gasteiger charge is -2.20. The van der Waals surface area contributed by atoms with Crippen LogP contribution in [-0.2, 0) is 9.59 Å². The monoisotopic (exact) mass is 292 g/mol. The molecule has 2 aliphatic rings. The van der Waals surface area contributed by atoms with Crippen LogP contribution >= 0.6 is 11.6 Å². The van der Waals surface area contributed by atoms with Crippen molar-refractivity contribution in [3.63, 3.8) is 0 Å². The molecule has 1 aliphatic heterocycles. The van der Waals surface area contributed by atoms with Crippen molar-refractivity contribution in [1.82, 2.24) is 0 Å². The smallest absolute Gasteiger partial charge is 0.237 e. The Bertz CT molecular complexity index is 590. The van der Waals surface area contributed by atoms with Gasteiger partial charge in [0, 0.05) is 0 Å². The summed E-state index contributed by atoms with van der Waals surface area (Å²) < 4.78 is 0. The zero-order chi connectivity index (χ0) is 14.6. The number of imide groups is 1. The first kappa shape index (κ1) is 13.4. The van der Waals surface area contributed by atoms with Gasteiger partial charge in [0.25, 0.3) is 0 Å². The molecule has 20 heavy (non-hydrogen) atoms. The van der Waals surface area contributed by atoms with E-state index in [1.54, 1.807) is 12.1 Å². The highest BCUT2D eigenvalue weighted by Crippen LogP contribution is 2.45. The summed E-state index contributed by atoms with van der Waals surface area (Å²) in [6, 6.07) is 3.32. The van der Waals surface area contributed by atoms with E-state index in [2.05, 4.69) is 6.92 Å². The van der Waals surface area contributed by atoms with Gasteiger partial charge < -0.3 is 5.73 Å². The first-order valence-electron chi connectivity index (χ1n) is 6.83. The molecule has 1 saturated carbocycles. The molecule has 3 rings (SSSR count). The van der Waals surface area contributed by atoms with Crippen molar-refractivity contribution < 1.29 is 9.59 Å². The summed E-state index contributed by atoms with van der Waals surface area (Å²) >= 11 is 6.03. The van der Waals surface area contributed by atoms with Crippen LogP contribution in [0.25, 0.3) is 0 Å². The number of aryl methyl sites for hydroxylation is 1. The van der Waals surface area contributed by atoms with Crippen LogP contribution in [0.5, 0.6) is 0 Å². The number of rotatable bonds is 1. The number of hydrogen-bond acceptors (Lipinski definition) is 3. The van der Waals surface area contributed by atoms with E-state index in [1.807, 2.05) is 6.92 Å². The van der Waals surface area contributed by atoms with Gasteiger partial charge in [0.2, 0.25) is 11.8 Å². The molecule has 2 unspecified atom stereocenters. The van der Waals surface area contributed by atoms with Crippen molar-refractivity contribution in [2.24, 2.45) is 17.8 Å². The van der Waals surface area contributed by atoms with Crippen LogP contribution < -0.4 is 10.6 Å². The summed E-state index contributed by atoms with van der Waals surface area (Å²) in [4.78, 5) is 26.4. The lowest BCUT2D eigenvalue weighted by atomic mass is 10.00. The van der Waals surface area contributed by atoms with Crippen LogP contribution in [0.15, 0.2) is 12.1 Å². The number of carbonyl (C=O) groups is 2. The molecule has 1 aromatic carbocycles. The summed E-state index contributed by atoms with van der Waals surface area (Å²) in [6.45, 7) is 3.92. The van der Waals surface area contributed by atoms with Crippen LogP contribution in [0.2, 0.25) is 5.02 Å². The Labute approximate surface area is 122 Å². The number of benzene rings is 1. The van der Waals surface area contributed by atoms with Crippen molar-refractivity contribution in [3.8, 4) is 0 Å². The minimum Gasteiger partial charge on any atom is -0.398 e. The van der Waals surface area contributed by atoms with Gasteiger partial charge >= 0.3 is 0 Å². The van der Waals surface area contributed by atoms with Gasteiger partial charge in [0.05, 0.1) is 28.2 Å². The molecule has 106 valence electrons. The Morgan fingerprint density at radius 2 is 1.75 bits per heavy atom. The number of halogens is 1. The molecule has 2 amide bonds. The van der Waals surface area contributed by atoms with Crippen LogP contribution in [0.3, 0.4) is 0 Å². The molecule has 1 aliphatic carbocycles. The van der Waals surface area contributed by atoms with Crippen molar-refractivity contribution in [2.75, 3.05) is 10.6 Å². The summed E-state index contributed by atoms with van der Waals surface area (Å²) in [7, 11) is 0. The number of nitrogens with zero attached hydrogens (tertiary/aromatic N) is 1. The van der Waals surface area contributed by atoms with E-state index in [0.717, 1.165) is 18.4 Å². The lowest BCUT2D eigenvalue weighted by Crippen LogP contribution is -2.32. The van der Waals surface area contributed by atoms with E-state index in [4.69, 9.17) is 17.3 Å². The molecule has 2 fully saturated rings. The number of nitrogen functional groups attached to an aromatic ring is 1. The van der Waals surface area contributed by atoms with Gasteiger partial charge in [-0.15, -0.1) is 0 Å². The third-order valence-corrected chi connectivity index (χ3v) is 4.76. The van der Waals surface area contributed by atoms with Gasteiger partial charge in [-0.05, 0) is 43.4 Å². The number of nitrogens with two attached hydrogens (primary N) is 1. The molecule has 0 spiro atoms. The fraction of sp³-hybridized carbons (Fsp3) is 0.467. The molecule has 0 bridgehead atoms. The number of hydrogen-bond donors (Lipinski definition) is 1. The SMILES string of the molecule is Cc1cc(N)c(Cl)cc1N1C(=O)C2CC(C)CC2C1=O. The van der Waals surface area contributed by atoms with Gasteiger partial charge in [-0.3, -0.25) is 9.59 Å². The standard InChI is InChI=1S/C15H17ClN2O2/c1-7-3-9-10(4-7)15(20)18(14(9)19)13-6-11(16)12(17)5-8(13)2/h5-7,9-10H,3-4,17H2,1-2H3. The van der Waals surface area contributed by atoms with E-state index < -0.39 is 0 Å². The Morgan fingerprint density at radius 1 is 1.20 bits per heavy atom. The minimum absolute atomic E-state index is 0.0895. The van der Waals surface area contributed by atoms with Crippen molar-refractivity contribution in [1.29, 1.82) is 0 Å². The first-order valence-corrected chi connectivity index (χ1v) is 7.21. The highest BCUT2D eigenvalue weighted by molar-refractivity contribution is 6.34. The summed E-state index contributed by atoms with van der Waals surface area (Å²) in [5.41, 5.74) is 7.57. The molecule has 2 N–H and O–H groups in total. The normalized spacial score (nSPS) is 29.1. The largest absolute Gasteiger partial charge is 0.398 e. The first-order chi connectivity index (χ1) is 9.40. The number of carbonyl (C=O) groups excluding carboxylic acids is 2. The summed E-state index contributed by atoms with van der Waals surface area (Å²) in [5.74, 6) is -0.0563. The fourth-order valence-corrected chi connectivity index (χ4v) is 3.61. The van der Waals surface area contributed by atoms with Crippen LogP contribution in [0.1, 0.15) is 25.3 Å². The van der Waals surface area contributed by atoms with E-state index in [9.17, 15) is 9.59 Å². The van der Waals surface area contributed by atoms with Crippen molar-refractivity contribution in [3.05, 3.63) is 22.7 Å². The quantitative estimate of drug-likeness (QED) is 0.639. The minimum atomic E-state index is -0.159. The number of amides is 2. The molecule has 1 heterocycles. The zero-order valence-corrected chi connectivity index (χ0v) is 12.3. The van der Waals surface area contributed by atoms with E-state index in [1.165, 1.54) is 4.90 Å². The maximum absolute atomic E-state index is 12.5. The van der Waals surface area contributed by atoms with Crippen LogP contribution in [-0.4, -0.2) is 11.8 Å². The summed E-state index contributed by atoms with van der Waals surface area (Å²) in [5, 5.41) is 0.372. The molecule has 2 atom stereocenters. The molecule has 0 radical (unpaired) electrons. The molecule has 1 saturated heterocycles. The predicted octanol–water partition coefficient (Wildman–Crippen LogP) is 2.77. The molecule has 4 nitrogen and oxygen atoms in total. The maximum atomic E-state index is 12.5. The summed E-state index contributed by atoms with van der Waals surface area (Å²) in [6.07, 6.45) is 1.60. The van der Waals surface area contributed by atoms with Crippen LogP contribution in [0.4, 0.5) is 11.4 Å². The number of fused-ring (bicyclic) bond motifs is 1. The van der Waals surface area contributed by atoms with Crippen molar-refractivity contribution >= 4 is 34.8 Å². The molecule has 1 aromatic rings. The van der Waals surface area contributed by atoms with Gasteiger partial charge in [-0.25, -0.2) is 4.90 Å². The highest BCUT2D eigenvalue weighted by atomic mass is 35.5. The topological polar surface area (TPSA) is 63.4 Å². The molecule has 5 heteroatoms. The van der Waals surface area contributed by atoms with E-state index in [0.29, 0.717) is 22.3 Å². The average Bonchev–Trinajstić information content (AvgIpc) is 2.85. The fourth-order valence-electron chi connectivity index (χ4n) is 3.45.